The number of furan rings is 1. The first-order valence-electron chi connectivity index (χ1n) is 6.82. The van der Waals surface area contributed by atoms with Gasteiger partial charge in [0.15, 0.2) is 0 Å². The second-order valence-electron chi connectivity index (χ2n) is 5.42. The van der Waals surface area contributed by atoms with Crippen LogP contribution in [0.25, 0.3) is 11.0 Å². The molecule has 1 aliphatic carbocycles. The van der Waals surface area contributed by atoms with Crippen LogP contribution in [0.1, 0.15) is 43.8 Å². The molecule has 3 nitrogen and oxygen atoms in total. The van der Waals surface area contributed by atoms with Crippen molar-refractivity contribution < 1.29 is 9.52 Å². The Kier molecular flexibility index (Phi) is 3.04. The lowest BCUT2D eigenvalue weighted by Gasteiger charge is -2.34. The summed E-state index contributed by atoms with van der Waals surface area (Å²) in [5, 5.41) is 21.2. The molecule has 2 aromatic rings. The highest BCUT2D eigenvalue weighted by Gasteiger charge is 2.41. The van der Waals surface area contributed by atoms with Gasteiger partial charge in [-0.3, -0.25) is 0 Å². The summed E-state index contributed by atoms with van der Waals surface area (Å²) in [6.07, 6.45) is 5.56. The molecule has 1 aliphatic rings. The Morgan fingerprint density at radius 1 is 1.21 bits per heavy atom. The molecule has 1 aromatic carbocycles. The molecule has 0 spiro atoms. The van der Waals surface area contributed by atoms with Crippen molar-refractivity contribution in [1.82, 2.24) is 0 Å². The zero-order valence-electron chi connectivity index (χ0n) is 10.8. The fourth-order valence-electron chi connectivity index (χ4n) is 3.14. The standard InChI is InChI=1S/C16H17NO2/c17-11-16(8-4-1-5-9-16)15(18)13-10-19-14-7-3-2-6-12(13)14/h2-3,6-7,10,15,18H,1,4-5,8-9H2. The minimum Gasteiger partial charge on any atom is -0.464 e. The van der Waals surface area contributed by atoms with E-state index in [9.17, 15) is 10.4 Å². The Morgan fingerprint density at radius 3 is 2.68 bits per heavy atom. The Labute approximate surface area is 112 Å². The molecule has 19 heavy (non-hydrogen) atoms. The van der Waals surface area contributed by atoms with Gasteiger partial charge in [0.2, 0.25) is 0 Å². The number of hydrogen-bond acceptors (Lipinski definition) is 3. The number of hydrogen-bond donors (Lipinski definition) is 1. The van der Waals surface area contributed by atoms with Crippen LogP contribution in [0.4, 0.5) is 0 Å². The van der Waals surface area contributed by atoms with Gasteiger partial charge in [-0.05, 0) is 18.9 Å². The number of fused-ring (bicyclic) bond motifs is 1. The van der Waals surface area contributed by atoms with E-state index in [2.05, 4.69) is 6.07 Å². The molecular weight excluding hydrogens is 238 g/mol. The quantitative estimate of drug-likeness (QED) is 0.884. The number of nitrogens with zero attached hydrogens (tertiary/aromatic N) is 1. The third-order valence-electron chi connectivity index (χ3n) is 4.30. The summed E-state index contributed by atoms with van der Waals surface area (Å²) >= 11 is 0. The average Bonchev–Trinajstić information content (AvgIpc) is 2.91. The Hall–Kier alpha value is -1.79. The number of nitriles is 1. The molecule has 1 atom stereocenters. The van der Waals surface area contributed by atoms with Crippen LogP contribution in [0, 0.1) is 16.7 Å². The molecular formula is C16H17NO2. The molecule has 3 heteroatoms. The second-order valence-corrected chi connectivity index (χ2v) is 5.42. The maximum Gasteiger partial charge on any atom is 0.134 e. The van der Waals surface area contributed by atoms with E-state index in [1.807, 2.05) is 24.3 Å². The molecule has 0 saturated heterocycles. The van der Waals surface area contributed by atoms with Crippen molar-refractivity contribution in [3.05, 3.63) is 36.1 Å². The van der Waals surface area contributed by atoms with Crippen LogP contribution in [0.2, 0.25) is 0 Å². The van der Waals surface area contributed by atoms with Crippen LogP contribution in [-0.2, 0) is 0 Å². The maximum absolute atomic E-state index is 10.7. The number of aliphatic hydroxyl groups excluding tert-OH is 1. The molecule has 0 bridgehead atoms. The van der Waals surface area contributed by atoms with E-state index in [0.717, 1.165) is 48.6 Å². The van der Waals surface area contributed by atoms with Crippen molar-refractivity contribution >= 4 is 11.0 Å². The van der Waals surface area contributed by atoms with Crippen molar-refractivity contribution in [2.24, 2.45) is 5.41 Å². The molecule has 3 rings (SSSR count). The van der Waals surface area contributed by atoms with Crippen LogP contribution in [-0.4, -0.2) is 5.11 Å². The molecule has 1 fully saturated rings. The van der Waals surface area contributed by atoms with Gasteiger partial charge >= 0.3 is 0 Å². The van der Waals surface area contributed by atoms with Crippen molar-refractivity contribution in [2.45, 2.75) is 38.2 Å². The normalized spacial score (nSPS) is 20.0. The van der Waals surface area contributed by atoms with Gasteiger partial charge in [0.25, 0.3) is 0 Å². The summed E-state index contributed by atoms with van der Waals surface area (Å²) in [5.74, 6) is 0. The molecule has 1 N–H and O–H groups in total. The predicted molar refractivity (Wildman–Crippen MR) is 72.3 cm³/mol. The van der Waals surface area contributed by atoms with E-state index < -0.39 is 11.5 Å². The van der Waals surface area contributed by atoms with Crippen molar-refractivity contribution in [3.8, 4) is 6.07 Å². The van der Waals surface area contributed by atoms with Crippen LogP contribution in [0.3, 0.4) is 0 Å². The topological polar surface area (TPSA) is 57.2 Å². The predicted octanol–water partition coefficient (Wildman–Crippen LogP) is 3.94. The molecule has 1 heterocycles. The third-order valence-corrected chi connectivity index (χ3v) is 4.30. The zero-order chi connectivity index (χ0) is 13.3. The minimum absolute atomic E-state index is 0.648. The number of aliphatic hydroxyl groups is 1. The van der Waals surface area contributed by atoms with E-state index in [4.69, 9.17) is 4.42 Å². The molecule has 1 saturated carbocycles. The van der Waals surface area contributed by atoms with E-state index >= 15 is 0 Å². The highest BCUT2D eigenvalue weighted by molar-refractivity contribution is 5.81. The van der Waals surface area contributed by atoms with Crippen LogP contribution < -0.4 is 0 Å². The summed E-state index contributed by atoms with van der Waals surface area (Å²) in [6, 6.07) is 10.0. The van der Waals surface area contributed by atoms with Gasteiger partial charge in [-0.1, -0.05) is 37.5 Å². The van der Waals surface area contributed by atoms with Crippen molar-refractivity contribution in [3.63, 3.8) is 0 Å². The first-order chi connectivity index (χ1) is 9.27. The fourth-order valence-corrected chi connectivity index (χ4v) is 3.14. The lowest BCUT2D eigenvalue weighted by molar-refractivity contribution is 0.0365. The van der Waals surface area contributed by atoms with Crippen LogP contribution in [0.5, 0.6) is 0 Å². The number of benzene rings is 1. The van der Waals surface area contributed by atoms with Crippen molar-refractivity contribution in [1.29, 1.82) is 5.26 Å². The zero-order valence-corrected chi connectivity index (χ0v) is 10.8. The highest BCUT2D eigenvalue weighted by atomic mass is 16.3. The summed E-state index contributed by atoms with van der Waals surface area (Å²) < 4.78 is 5.48. The Bertz CT molecular complexity index is 617. The van der Waals surface area contributed by atoms with Crippen LogP contribution in [0.15, 0.2) is 34.9 Å². The highest BCUT2D eigenvalue weighted by Crippen LogP contribution is 2.47. The Balaban J connectivity index is 2.03. The molecule has 98 valence electrons. The van der Waals surface area contributed by atoms with E-state index in [-0.39, 0.29) is 0 Å². The summed E-state index contributed by atoms with van der Waals surface area (Å²) in [4.78, 5) is 0. The first-order valence-corrected chi connectivity index (χ1v) is 6.82. The van der Waals surface area contributed by atoms with Gasteiger partial charge in [-0.25, -0.2) is 0 Å². The Morgan fingerprint density at radius 2 is 1.95 bits per heavy atom. The minimum atomic E-state index is -0.763. The maximum atomic E-state index is 10.7. The third kappa shape index (κ3) is 1.93. The fraction of sp³-hybridized carbons (Fsp3) is 0.438. The van der Waals surface area contributed by atoms with E-state index in [1.165, 1.54) is 0 Å². The number of rotatable bonds is 2. The van der Waals surface area contributed by atoms with Gasteiger partial charge in [-0.2, -0.15) is 5.26 Å². The van der Waals surface area contributed by atoms with Gasteiger partial charge in [0.05, 0.1) is 17.7 Å². The average molecular weight is 255 g/mol. The lowest BCUT2D eigenvalue weighted by Crippen LogP contribution is -2.29. The molecule has 1 unspecified atom stereocenters. The molecule has 0 aliphatic heterocycles. The van der Waals surface area contributed by atoms with Gasteiger partial charge in [0.1, 0.15) is 11.7 Å². The van der Waals surface area contributed by atoms with E-state index in [1.54, 1.807) is 6.26 Å². The SMILES string of the molecule is N#CC1(C(O)c2coc3ccccc23)CCCCC1. The largest absolute Gasteiger partial charge is 0.464 e. The molecule has 0 radical (unpaired) electrons. The van der Waals surface area contributed by atoms with E-state index in [0.29, 0.717) is 0 Å². The summed E-state index contributed by atoms with van der Waals surface area (Å²) in [6.45, 7) is 0. The summed E-state index contributed by atoms with van der Waals surface area (Å²) in [7, 11) is 0. The smallest absolute Gasteiger partial charge is 0.134 e. The number of para-hydroxylation sites is 1. The van der Waals surface area contributed by atoms with Crippen LogP contribution >= 0.6 is 0 Å². The molecule has 0 amide bonds. The van der Waals surface area contributed by atoms with Gasteiger partial charge in [-0.15, -0.1) is 0 Å². The molecule has 1 aromatic heterocycles. The summed E-state index contributed by atoms with van der Waals surface area (Å²) in [5.41, 5.74) is 0.866. The van der Waals surface area contributed by atoms with Gasteiger partial charge in [0, 0.05) is 10.9 Å². The van der Waals surface area contributed by atoms with Crippen molar-refractivity contribution in [2.75, 3.05) is 0 Å². The second kappa shape index (κ2) is 4.71. The first kappa shape index (κ1) is 12.3. The lowest BCUT2D eigenvalue weighted by atomic mass is 9.69. The monoisotopic (exact) mass is 255 g/mol. The van der Waals surface area contributed by atoms with Gasteiger partial charge < -0.3 is 9.52 Å².